The lowest BCUT2D eigenvalue weighted by atomic mass is 10.1. The van der Waals surface area contributed by atoms with Gasteiger partial charge in [0.05, 0.1) is 5.69 Å². The van der Waals surface area contributed by atoms with Crippen LogP contribution < -0.4 is 0 Å². The van der Waals surface area contributed by atoms with E-state index in [4.69, 9.17) is 0 Å². The van der Waals surface area contributed by atoms with Gasteiger partial charge in [0.15, 0.2) is 14.9 Å². The van der Waals surface area contributed by atoms with Crippen LogP contribution >= 0.6 is 0 Å². The zero-order chi connectivity index (χ0) is 19.4. The van der Waals surface area contributed by atoms with Crippen molar-refractivity contribution in [3.63, 3.8) is 0 Å². The molecule has 1 aromatic heterocycles. The maximum atomic E-state index is 12.7. The molecule has 0 saturated carbocycles. The van der Waals surface area contributed by atoms with E-state index in [0.717, 1.165) is 6.26 Å². The lowest BCUT2D eigenvalue weighted by Crippen LogP contribution is -2.44. The SMILES string of the molecule is CS(=O)(=O)c1nc2c(c(S(C)(=O)=O)n1)CN(S(=O)(=O)C(F)(F)F)CC2. The molecule has 0 aliphatic carbocycles. The topological polar surface area (TPSA) is 131 Å². The molecule has 2 heterocycles. The summed E-state index contributed by atoms with van der Waals surface area (Å²) < 4.78 is 108. The van der Waals surface area contributed by atoms with Crippen LogP contribution in [-0.4, -0.2) is 64.1 Å². The van der Waals surface area contributed by atoms with Gasteiger partial charge in [0, 0.05) is 37.6 Å². The Labute approximate surface area is 141 Å². The molecule has 0 bridgehead atoms. The van der Waals surface area contributed by atoms with Gasteiger partial charge in [-0.15, -0.1) is 0 Å². The second-order valence-electron chi connectivity index (χ2n) is 5.32. The summed E-state index contributed by atoms with van der Waals surface area (Å²) in [5.74, 6) is 0. The number of alkyl halides is 3. The number of hydrogen-bond donors (Lipinski definition) is 0. The van der Waals surface area contributed by atoms with E-state index >= 15 is 0 Å². The number of sulfonamides is 1. The first-order valence-corrected chi connectivity index (χ1v) is 11.6. The van der Waals surface area contributed by atoms with Gasteiger partial charge in [0.25, 0.3) is 0 Å². The summed E-state index contributed by atoms with van der Waals surface area (Å²) in [6, 6.07) is 0. The molecule has 0 unspecified atom stereocenters. The Kier molecular flexibility index (Phi) is 4.68. The minimum Gasteiger partial charge on any atom is -0.223 e. The third-order valence-corrected chi connectivity index (χ3v) is 6.74. The van der Waals surface area contributed by atoms with Crippen LogP contribution in [0.1, 0.15) is 11.3 Å². The standard InChI is InChI=1S/C10H12F3N3O6S3/c1-23(17,18)8-6-5-16(25(21,22)10(11,12)13)4-3-7(6)14-9(15-8)24(2,19)20/h3-5H2,1-2H3. The van der Waals surface area contributed by atoms with Crippen molar-refractivity contribution in [3.05, 3.63) is 11.3 Å². The van der Waals surface area contributed by atoms with Crippen molar-refractivity contribution in [2.75, 3.05) is 19.1 Å². The molecule has 2 rings (SSSR count). The lowest BCUT2D eigenvalue weighted by molar-refractivity contribution is -0.0493. The molecule has 0 amide bonds. The first-order chi connectivity index (χ1) is 11.0. The van der Waals surface area contributed by atoms with E-state index in [1.54, 1.807) is 0 Å². The van der Waals surface area contributed by atoms with Crippen LogP contribution in [0.4, 0.5) is 13.2 Å². The van der Waals surface area contributed by atoms with Gasteiger partial charge in [0.1, 0.15) is 0 Å². The molecule has 25 heavy (non-hydrogen) atoms. The van der Waals surface area contributed by atoms with E-state index in [2.05, 4.69) is 9.97 Å². The number of halogens is 3. The molecule has 0 spiro atoms. The molecular formula is C10H12F3N3O6S3. The molecule has 1 aromatic rings. The molecule has 0 atom stereocenters. The maximum Gasteiger partial charge on any atom is 0.511 e. The minimum absolute atomic E-state index is 0.0630. The summed E-state index contributed by atoms with van der Waals surface area (Å²) in [6.45, 7) is -1.55. The highest BCUT2D eigenvalue weighted by atomic mass is 32.2. The van der Waals surface area contributed by atoms with Crippen LogP contribution in [0.3, 0.4) is 0 Å². The summed E-state index contributed by atoms with van der Waals surface area (Å²) in [6.07, 6.45) is 1.03. The van der Waals surface area contributed by atoms with Gasteiger partial charge in [-0.2, -0.15) is 17.5 Å². The second-order valence-corrected chi connectivity index (χ2v) is 11.1. The molecule has 1 aliphatic rings. The quantitative estimate of drug-likeness (QED) is 0.469. The predicted molar refractivity (Wildman–Crippen MR) is 77.3 cm³/mol. The van der Waals surface area contributed by atoms with Gasteiger partial charge in [-0.3, -0.25) is 0 Å². The molecule has 142 valence electrons. The van der Waals surface area contributed by atoms with Crippen molar-refractivity contribution in [1.82, 2.24) is 14.3 Å². The number of nitrogens with zero attached hydrogens (tertiary/aromatic N) is 3. The summed E-state index contributed by atoms with van der Waals surface area (Å²) in [7, 11) is -13.8. The normalized spacial score (nSPS) is 17.3. The van der Waals surface area contributed by atoms with E-state index in [-0.39, 0.29) is 15.6 Å². The Hall–Kier alpha value is -1.32. The van der Waals surface area contributed by atoms with Gasteiger partial charge < -0.3 is 0 Å². The van der Waals surface area contributed by atoms with Crippen molar-refractivity contribution in [2.45, 2.75) is 28.7 Å². The van der Waals surface area contributed by atoms with Crippen molar-refractivity contribution in [1.29, 1.82) is 0 Å². The fourth-order valence-electron chi connectivity index (χ4n) is 2.16. The summed E-state index contributed by atoms with van der Waals surface area (Å²) in [5, 5.41) is -1.60. The molecular weight excluding hydrogens is 411 g/mol. The van der Waals surface area contributed by atoms with Crippen molar-refractivity contribution < 1.29 is 38.4 Å². The lowest BCUT2D eigenvalue weighted by Gasteiger charge is -2.28. The summed E-state index contributed by atoms with van der Waals surface area (Å²) in [4.78, 5) is 7.09. The average molecular weight is 423 g/mol. The van der Waals surface area contributed by atoms with E-state index in [0.29, 0.717) is 6.26 Å². The van der Waals surface area contributed by atoms with E-state index < -0.39 is 64.9 Å². The predicted octanol–water partition coefficient (Wildman–Crippen LogP) is -0.509. The van der Waals surface area contributed by atoms with E-state index in [1.807, 2.05) is 0 Å². The highest BCUT2D eigenvalue weighted by Gasteiger charge is 2.51. The first kappa shape index (κ1) is 20.0. The molecule has 0 saturated heterocycles. The number of hydrogen-bond acceptors (Lipinski definition) is 8. The Balaban J connectivity index is 2.67. The smallest absolute Gasteiger partial charge is 0.223 e. The number of sulfone groups is 2. The minimum atomic E-state index is -5.68. The van der Waals surface area contributed by atoms with Crippen LogP contribution in [0.15, 0.2) is 10.2 Å². The second kappa shape index (κ2) is 5.85. The van der Waals surface area contributed by atoms with Crippen LogP contribution in [-0.2, 0) is 42.7 Å². The van der Waals surface area contributed by atoms with E-state index in [1.165, 1.54) is 0 Å². The molecule has 0 fully saturated rings. The summed E-state index contributed by atoms with van der Waals surface area (Å²) >= 11 is 0. The first-order valence-electron chi connectivity index (χ1n) is 6.41. The summed E-state index contributed by atoms with van der Waals surface area (Å²) in [5.41, 5.74) is -6.04. The highest BCUT2D eigenvalue weighted by molar-refractivity contribution is 7.91. The average Bonchev–Trinajstić information content (AvgIpc) is 2.42. The van der Waals surface area contributed by atoms with Crippen molar-refractivity contribution in [3.8, 4) is 0 Å². The zero-order valence-electron chi connectivity index (χ0n) is 12.8. The Morgan fingerprint density at radius 1 is 0.960 bits per heavy atom. The molecule has 0 N–H and O–H groups in total. The Bertz CT molecular complexity index is 1030. The van der Waals surface area contributed by atoms with Crippen LogP contribution in [0, 0.1) is 0 Å². The Morgan fingerprint density at radius 3 is 1.96 bits per heavy atom. The zero-order valence-corrected chi connectivity index (χ0v) is 15.2. The van der Waals surface area contributed by atoms with Crippen LogP contribution in [0.5, 0.6) is 0 Å². The third-order valence-electron chi connectivity index (χ3n) is 3.28. The number of rotatable bonds is 3. The van der Waals surface area contributed by atoms with Gasteiger partial charge in [-0.05, 0) is 0 Å². The van der Waals surface area contributed by atoms with Gasteiger partial charge >= 0.3 is 15.5 Å². The third kappa shape index (κ3) is 3.78. The number of aromatic nitrogens is 2. The molecule has 0 radical (unpaired) electrons. The molecule has 0 aromatic carbocycles. The maximum absolute atomic E-state index is 12.7. The van der Waals surface area contributed by atoms with Crippen molar-refractivity contribution in [2.24, 2.45) is 0 Å². The largest absolute Gasteiger partial charge is 0.511 e. The fraction of sp³-hybridized carbons (Fsp3) is 0.600. The Morgan fingerprint density at radius 2 is 1.52 bits per heavy atom. The fourth-order valence-corrected chi connectivity index (χ4v) is 4.56. The van der Waals surface area contributed by atoms with E-state index in [9.17, 15) is 38.4 Å². The van der Waals surface area contributed by atoms with Crippen LogP contribution in [0.2, 0.25) is 0 Å². The van der Waals surface area contributed by atoms with Gasteiger partial charge in [-0.1, -0.05) is 0 Å². The van der Waals surface area contributed by atoms with Crippen molar-refractivity contribution >= 4 is 29.7 Å². The van der Waals surface area contributed by atoms with Crippen LogP contribution in [0.25, 0.3) is 0 Å². The highest BCUT2D eigenvalue weighted by Crippen LogP contribution is 2.32. The van der Waals surface area contributed by atoms with Gasteiger partial charge in [-0.25, -0.2) is 35.2 Å². The number of fused-ring (bicyclic) bond motifs is 1. The molecule has 15 heteroatoms. The monoisotopic (exact) mass is 423 g/mol. The molecule has 9 nitrogen and oxygen atoms in total. The van der Waals surface area contributed by atoms with Gasteiger partial charge in [0.2, 0.25) is 15.0 Å². The molecule has 1 aliphatic heterocycles.